The SMILES string of the molecule is N.OB(O)O.[Cu]. The van der Waals surface area contributed by atoms with Crippen LogP contribution in [-0.4, -0.2) is 22.4 Å². The van der Waals surface area contributed by atoms with Crippen LogP contribution in [0, 0.1) is 0 Å². The zero-order valence-corrected chi connectivity index (χ0v) is 3.87. The van der Waals surface area contributed by atoms with Crippen LogP contribution in [0.25, 0.3) is 0 Å². The van der Waals surface area contributed by atoms with E-state index in [1.165, 1.54) is 0 Å². The molecule has 6 heteroatoms. The molecule has 0 aromatic rings. The summed E-state index contributed by atoms with van der Waals surface area (Å²) >= 11 is 0. The van der Waals surface area contributed by atoms with Crippen LogP contribution in [0.15, 0.2) is 0 Å². The van der Waals surface area contributed by atoms with E-state index in [1.54, 1.807) is 0 Å². The van der Waals surface area contributed by atoms with Gasteiger partial charge in [-0.15, -0.1) is 0 Å². The quantitative estimate of drug-likeness (QED) is 0.297. The molecule has 0 heterocycles. The Kier molecular flexibility index (Phi) is 24.3. The maximum absolute atomic E-state index is 7.17. The van der Waals surface area contributed by atoms with E-state index in [4.69, 9.17) is 15.1 Å². The largest absolute Gasteiger partial charge is 0.631 e. The minimum absolute atomic E-state index is 0. The molecule has 0 saturated heterocycles. The van der Waals surface area contributed by atoms with E-state index >= 15 is 0 Å². The van der Waals surface area contributed by atoms with Crippen molar-refractivity contribution in [2.45, 2.75) is 0 Å². The normalized spacial score (nSPS) is 4.50. The first-order valence-electron chi connectivity index (χ1n) is 0.775. The summed E-state index contributed by atoms with van der Waals surface area (Å²) in [6.07, 6.45) is 0. The van der Waals surface area contributed by atoms with Crippen molar-refractivity contribution in [1.29, 1.82) is 0 Å². The maximum Gasteiger partial charge on any atom is 0.631 e. The summed E-state index contributed by atoms with van der Waals surface area (Å²) in [4.78, 5) is 0. The van der Waals surface area contributed by atoms with Crippen LogP contribution in [-0.2, 0) is 17.1 Å². The van der Waals surface area contributed by atoms with Gasteiger partial charge in [0.2, 0.25) is 0 Å². The van der Waals surface area contributed by atoms with Gasteiger partial charge in [0.25, 0.3) is 0 Å². The molecule has 0 amide bonds. The van der Waals surface area contributed by atoms with E-state index in [0.29, 0.717) is 0 Å². The molecule has 0 fully saturated rings. The van der Waals surface area contributed by atoms with Crippen molar-refractivity contribution in [3.8, 4) is 0 Å². The van der Waals surface area contributed by atoms with E-state index in [2.05, 4.69) is 0 Å². The third-order valence-electron chi connectivity index (χ3n) is 0. The summed E-state index contributed by atoms with van der Waals surface area (Å²) < 4.78 is 0. The molecule has 6 N–H and O–H groups in total. The molecule has 0 unspecified atom stereocenters. The van der Waals surface area contributed by atoms with E-state index in [9.17, 15) is 0 Å². The van der Waals surface area contributed by atoms with Crippen molar-refractivity contribution < 1.29 is 32.1 Å². The molecule has 0 aromatic heterocycles. The molecule has 43 valence electrons. The zero-order valence-electron chi connectivity index (χ0n) is 2.93. The first-order valence-corrected chi connectivity index (χ1v) is 0.775. The van der Waals surface area contributed by atoms with Crippen LogP contribution in [0.3, 0.4) is 0 Å². The molecular formula is H6BCuNO3. The second-order valence-corrected chi connectivity index (χ2v) is 0.346. The second-order valence-electron chi connectivity index (χ2n) is 0.346. The molecule has 0 atom stereocenters. The summed E-state index contributed by atoms with van der Waals surface area (Å²) in [6.45, 7) is 0. The van der Waals surface area contributed by atoms with Gasteiger partial charge in [-0.25, -0.2) is 0 Å². The predicted octanol–water partition coefficient (Wildman–Crippen LogP) is -1.89. The van der Waals surface area contributed by atoms with Crippen molar-refractivity contribution in [2.75, 3.05) is 0 Å². The molecule has 0 spiro atoms. The third kappa shape index (κ3) is 288. The Morgan fingerprint density at radius 3 is 1.00 bits per heavy atom. The summed E-state index contributed by atoms with van der Waals surface area (Å²) in [5, 5.41) is 21.5. The molecule has 0 aliphatic rings. The molecule has 4 nitrogen and oxygen atoms in total. The van der Waals surface area contributed by atoms with Gasteiger partial charge in [0.05, 0.1) is 0 Å². The Labute approximate surface area is 46.4 Å². The van der Waals surface area contributed by atoms with Crippen molar-refractivity contribution in [1.82, 2.24) is 6.15 Å². The molecule has 0 bridgehead atoms. The van der Waals surface area contributed by atoms with Gasteiger partial charge in [0.15, 0.2) is 0 Å². The molecule has 0 saturated carbocycles. The Morgan fingerprint density at radius 1 is 1.00 bits per heavy atom. The van der Waals surface area contributed by atoms with Gasteiger partial charge in [0.1, 0.15) is 0 Å². The Balaban J connectivity index is -0.0000000450. The fourth-order valence-electron chi connectivity index (χ4n) is 0. The minimum atomic E-state index is -2.17. The van der Waals surface area contributed by atoms with E-state index < -0.39 is 7.32 Å². The van der Waals surface area contributed by atoms with E-state index in [-0.39, 0.29) is 23.2 Å². The smallest absolute Gasteiger partial charge is 0.402 e. The van der Waals surface area contributed by atoms with Crippen LogP contribution < -0.4 is 6.15 Å². The van der Waals surface area contributed by atoms with Gasteiger partial charge >= 0.3 is 7.32 Å². The maximum atomic E-state index is 7.17. The Morgan fingerprint density at radius 2 is 1.00 bits per heavy atom. The zero-order chi connectivity index (χ0) is 3.58. The number of hydrogen-bond acceptors (Lipinski definition) is 4. The van der Waals surface area contributed by atoms with Crippen molar-refractivity contribution >= 4 is 7.32 Å². The molecule has 6 heavy (non-hydrogen) atoms. The van der Waals surface area contributed by atoms with Gasteiger partial charge in [-0.05, 0) is 0 Å². The second kappa shape index (κ2) is 9.06. The molecule has 0 rings (SSSR count). The van der Waals surface area contributed by atoms with Gasteiger partial charge < -0.3 is 21.2 Å². The first-order chi connectivity index (χ1) is 1.73. The van der Waals surface area contributed by atoms with Crippen molar-refractivity contribution in [2.24, 2.45) is 0 Å². The first kappa shape index (κ1) is 16.1. The van der Waals surface area contributed by atoms with Gasteiger partial charge in [0, 0.05) is 17.1 Å². The number of hydrogen-bond donors (Lipinski definition) is 4. The van der Waals surface area contributed by atoms with E-state index in [0.717, 1.165) is 0 Å². The summed E-state index contributed by atoms with van der Waals surface area (Å²) in [5.41, 5.74) is 0. The van der Waals surface area contributed by atoms with Crippen molar-refractivity contribution in [3.05, 3.63) is 0 Å². The Hall–Kier alpha value is 0.424. The average Bonchev–Trinajstić information content (AvgIpc) is 0.811. The Bertz CT molecular complexity index is 15.5. The summed E-state index contributed by atoms with van der Waals surface area (Å²) in [5.74, 6) is 0. The number of rotatable bonds is 0. The third-order valence-corrected chi connectivity index (χ3v) is 0. The molecule has 0 aliphatic carbocycles. The summed E-state index contributed by atoms with van der Waals surface area (Å²) in [6, 6.07) is 0. The predicted molar refractivity (Wildman–Crippen MR) is 17.4 cm³/mol. The van der Waals surface area contributed by atoms with Crippen LogP contribution in [0.1, 0.15) is 0 Å². The standard InChI is InChI=1S/BH3O3.Cu.H3N/c2-1(3)4;;/h2-4H;;1H3. The molecule has 1 radical (unpaired) electrons. The van der Waals surface area contributed by atoms with Gasteiger partial charge in [-0.2, -0.15) is 0 Å². The molecular weight excluding hydrogens is 136 g/mol. The van der Waals surface area contributed by atoms with E-state index in [1.807, 2.05) is 0 Å². The molecule has 0 aromatic carbocycles. The van der Waals surface area contributed by atoms with Crippen molar-refractivity contribution in [3.63, 3.8) is 0 Å². The molecule has 0 aliphatic heterocycles. The average molecular weight is 142 g/mol. The minimum Gasteiger partial charge on any atom is -0.402 e. The van der Waals surface area contributed by atoms with Crippen LogP contribution in [0.5, 0.6) is 0 Å². The van der Waals surface area contributed by atoms with Crippen LogP contribution in [0.4, 0.5) is 0 Å². The monoisotopic (exact) mass is 142 g/mol. The fourth-order valence-corrected chi connectivity index (χ4v) is 0. The fraction of sp³-hybridized carbons (Fsp3) is 0. The van der Waals surface area contributed by atoms with Crippen LogP contribution >= 0.6 is 0 Å². The van der Waals surface area contributed by atoms with Gasteiger partial charge in [-0.1, -0.05) is 0 Å². The van der Waals surface area contributed by atoms with Crippen LogP contribution in [0.2, 0.25) is 0 Å². The van der Waals surface area contributed by atoms with Gasteiger partial charge in [-0.3, -0.25) is 0 Å². The summed E-state index contributed by atoms with van der Waals surface area (Å²) in [7, 11) is -2.17. The topological polar surface area (TPSA) is 95.7 Å².